The number of esters is 1. The molecule has 0 radical (unpaired) electrons. The van der Waals surface area contributed by atoms with E-state index in [4.69, 9.17) is 4.74 Å². The maximum Gasteiger partial charge on any atom is 0.335 e. The third-order valence-electron chi connectivity index (χ3n) is 4.36. The van der Waals surface area contributed by atoms with E-state index in [0.29, 0.717) is 5.70 Å². The van der Waals surface area contributed by atoms with Gasteiger partial charge in [-0.2, -0.15) is 0 Å². The number of carbonyl (C=O) groups is 1. The summed E-state index contributed by atoms with van der Waals surface area (Å²) in [7, 11) is 1.31. The van der Waals surface area contributed by atoms with E-state index in [2.05, 4.69) is 19.1 Å². The number of rotatable bonds is 4. The van der Waals surface area contributed by atoms with Gasteiger partial charge in [-0.1, -0.05) is 67.6 Å². The molecule has 0 aliphatic carbocycles. The van der Waals surface area contributed by atoms with Crippen LogP contribution in [-0.2, 0) is 16.0 Å². The zero-order chi connectivity index (χ0) is 17.8. The molecular weight excluding hydrogens is 314 g/mol. The predicted octanol–water partition coefficient (Wildman–Crippen LogP) is 3.92. The number of nitrogens with zero attached hydrogens (tertiary/aromatic N) is 1. The van der Waals surface area contributed by atoms with Gasteiger partial charge in [0.1, 0.15) is 0 Å². The summed E-state index contributed by atoms with van der Waals surface area (Å²) in [6.45, 7) is 2.11. The van der Waals surface area contributed by atoms with Crippen LogP contribution in [0.1, 0.15) is 23.6 Å². The molecule has 1 N–H and O–H groups in total. The largest absolute Gasteiger partial charge is 0.467 e. The minimum absolute atomic E-state index is 0.507. The third-order valence-corrected chi connectivity index (χ3v) is 4.36. The SMILES string of the molecule is CCc1ccc(C2=C(c3ccccc3)N(O)C(C(=O)OC)C=C2)cc1. The predicted molar refractivity (Wildman–Crippen MR) is 97.6 cm³/mol. The van der Waals surface area contributed by atoms with Gasteiger partial charge in [-0.25, -0.2) is 9.86 Å². The highest BCUT2D eigenvalue weighted by Gasteiger charge is 2.31. The average Bonchev–Trinajstić information content (AvgIpc) is 2.68. The van der Waals surface area contributed by atoms with E-state index in [1.165, 1.54) is 12.7 Å². The van der Waals surface area contributed by atoms with Crippen LogP contribution in [0.4, 0.5) is 0 Å². The normalized spacial score (nSPS) is 16.9. The lowest BCUT2D eigenvalue weighted by molar-refractivity contribution is -0.154. The molecule has 4 heteroatoms. The van der Waals surface area contributed by atoms with Gasteiger partial charge in [0, 0.05) is 11.1 Å². The summed E-state index contributed by atoms with van der Waals surface area (Å²) in [5.74, 6) is -0.507. The van der Waals surface area contributed by atoms with Gasteiger partial charge in [0.05, 0.1) is 12.8 Å². The Labute approximate surface area is 147 Å². The molecule has 1 aliphatic heterocycles. The second-order valence-electron chi connectivity index (χ2n) is 5.85. The number of allylic oxidation sites excluding steroid dienone is 2. The van der Waals surface area contributed by atoms with Crippen LogP contribution in [-0.4, -0.2) is 29.4 Å². The fourth-order valence-electron chi connectivity index (χ4n) is 2.95. The minimum Gasteiger partial charge on any atom is -0.467 e. The highest BCUT2D eigenvalue weighted by Crippen LogP contribution is 2.34. The Morgan fingerprint density at radius 1 is 1.08 bits per heavy atom. The van der Waals surface area contributed by atoms with Crippen LogP contribution >= 0.6 is 0 Å². The number of hydrogen-bond donors (Lipinski definition) is 1. The lowest BCUT2D eigenvalue weighted by Gasteiger charge is -2.31. The molecule has 1 aliphatic rings. The van der Waals surface area contributed by atoms with Gasteiger partial charge in [-0.05, 0) is 23.6 Å². The van der Waals surface area contributed by atoms with Crippen molar-refractivity contribution in [3.63, 3.8) is 0 Å². The maximum absolute atomic E-state index is 12.0. The van der Waals surface area contributed by atoms with E-state index in [9.17, 15) is 10.0 Å². The molecule has 1 unspecified atom stereocenters. The molecule has 4 nitrogen and oxygen atoms in total. The van der Waals surface area contributed by atoms with Crippen molar-refractivity contribution in [2.45, 2.75) is 19.4 Å². The molecule has 0 saturated carbocycles. The zero-order valence-electron chi connectivity index (χ0n) is 14.3. The van der Waals surface area contributed by atoms with E-state index in [1.807, 2.05) is 48.5 Å². The Morgan fingerprint density at radius 3 is 2.36 bits per heavy atom. The molecule has 0 bridgehead atoms. The number of ether oxygens (including phenoxy) is 1. The van der Waals surface area contributed by atoms with Gasteiger partial charge in [-0.15, -0.1) is 0 Å². The first-order valence-electron chi connectivity index (χ1n) is 8.29. The smallest absolute Gasteiger partial charge is 0.335 e. The van der Waals surface area contributed by atoms with Crippen LogP contribution in [0.3, 0.4) is 0 Å². The summed E-state index contributed by atoms with van der Waals surface area (Å²) in [6.07, 6.45) is 4.50. The number of carbonyl (C=O) groups excluding carboxylic acids is 1. The third kappa shape index (κ3) is 3.35. The Morgan fingerprint density at radius 2 is 1.76 bits per heavy atom. The number of aryl methyl sites for hydroxylation is 1. The van der Waals surface area contributed by atoms with Gasteiger partial charge < -0.3 is 4.74 Å². The van der Waals surface area contributed by atoms with Crippen LogP contribution in [0.5, 0.6) is 0 Å². The zero-order valence-corrected chi connectivity index (χ0v) is 14.3. The lowest BCUT2D eigenvalue weighted by atomic mass is 9.94. The fraction of sp³-hybridized carbons (Fsp3) is 0.190. The van der Waals surface area contributed by atoms with Gasteiger partial charge >= 0.3 is 5.97 Å². The van der Waals surface area contributed by atoms with Crippen molar-refractivity contribution in [3.05, 3.63) is 83.4 Å². The van der Waals surface area contributed by atoms with Gasteiger partial charge in [-0.3, -0.25) is 5.21 Å². The number of benzene rings is 2. The highest BCUT2D eigenvalue weighted by atomic mass is 16.5. The minimum atomic E-state index is -0.862. The van der Waals surface area contributed by atoms with Crippen molar-refractivity contribution in [2.75, 3.05) is 7.11 Å². The molecule has 2 aromatic carbocycles. The number of hydroxylamine groups is 2. The van der Waals surface area contributed by atoms with Crippen molar-refractivity contribution in [1.29, 1.82) is 0 Å². The quantitative estimate of drug-likeness (QED) is 0.861. The monoisotopic (exact) mass is 335 g/mol. The topological polar surface area (TPSA) is 49.8 Å². The summed E-state index contributed by atoms with van der Waals surface area (Å²) < 4.78 is 4.80. The molecule has 1 atom stereocenters. The van der Waals surface area contributed by atoms with E-state index in [0.717, 1.165) is 28.2 Å². The van der Waals surface area contributed by atoms with Crippen LogP contribution in [0, 0.1) is 0 Å². The van der Waals surface area contributed by atoms with Gasteiger partial charge in [0.2, 0.25) is 0 Å². The van der Waals surface area contributed by atoms with Crippen LogP contribution in [0.15, 0.2) is 66.7 Å². The Kier molecular flexibility index (Phi) is 5.00. The van der Waals surface area contributed by atoms with Gasteiger partial charge in [0.25, 0.3) is 0 Å². The maximum atomic E-state index is 12.0. The van der Waals surface area contributed by atoms with E-state index >= 15 is 0 Å². The highest BCUT2D eigenvalue weighted by molar-refractivity contribution is 5.98. The van der Waals surface area contributed by atoms with Crippen molar-refractivity contribution < 1.29 is 14.7 Å². The molecule has 25 heavy (non-hydrogen) atoms. The van der Waals surface area contributed by atoms with Gasteiger partial charge in [0.15, 0.2) is 6.04 Å². The molecule has 1 heterocycles. The first kappa shape index (κ1) is 17.0. The molecule has 0 amide bonds. The first-order chi connectivity index (χ1) is 12.2. The molecule has 0 saturated heterocycles. The summed E-state index contributed by atoms with van der Waals surface area (Å²) >= 11 is 0. The molecule has 0 fully saturated rings. The fourth-order valence-corrected chi connectivity index (χ4v) is 2.95. The Balaban J connectivity index is 2.12. The van der Waals surface area contributed by atoms with E-state index in [1.54, 1.807) is 6.08 Å². The molecule has 0 aromatic heterocycles. The second-order valence-corrected chi connectivity index (χ2v) is 5.85. The van der Waals surface area contributed by atoms with E-state index in [-0.39, 0.29) is 0 Å². The summed E-state index contributed by atoms with van der Waals surface area (Å²) in [5.41, 5.74) is 4.51. The summed E-state index contributed by atoms with van der Waals surface area (Å²) in [5, 5.41) is 11.7. The van der Waals surface area contributed by atoms with Crippen molar-refractivity contribution in [2.24, 2.45) is 0 Å². The summed E-state index contributed by atoms with van der Waals surface area (Å²) in [4.78, 5) is 12.0. The Hall–Kier alpha value is -2.85. The average molecular weight is 335 g/mol. The summed E-state index contributed by atoms with van der Waals surface area (Å²) in [6, 6.07) is 16.9. The van der Waals surface area contributed by atoms with E-state index < -0.39 is 12.0 Å². The number of hydrogen-bond acceptors (Lipinski definition) is 4. The standard InChI is InChI=1S/C21H21NO3/c1-3-15-9-11-16(12-10-15)18-13-14-19(21(23)25-2)22(24)20(18)17-7-5-4-6-8-17/h4-14,19,24H,3H2,1-2H3. The number of methoxy groups -OCH3 is 1. The van der Waals surface area contributed by atoms with Crippen LogP contribution < -0.4 is 0 Å². The molecule has 3 rings (SSSR count). The molecule has 128 valence electrons. The second kappa shape index (κ2) is 7.36. The molecular formula is C21H21NO3. The molecule has 2 aromatic rings. The van der Waals surface area contributed by atoms with Crippen LogP contribution in [0.25, 0.3) is 11.3 Å². The first-order valence-corrected chi connectivity index (χ1v) is 8.29. The van der Waals surface area contributed by atoms with Crippen molar-refractivity contribution in [3.8, 4) is 0 Å². The van der Waals surface area contributed by atoms with Crippen LogP contribution in [0.2, 0.25) is 0 Å². The van der Waals surface area contributed by atoms with Crippen molar-refractivity contribution >= 4 is 17.2 Å². The Bertz CT molecular complexity index is 807. The van der Waals surface area contributed by atoms with Crippen molar-refractivity contribution in [1.82, 2.24) is 5.06 Å². The lowest BCUT2D eigenvalue weighted by Crippen LogP contribution is -2.39. The molecule has 0 spiro atoms.